The van der Waals surface area contributed by atoms with Gasteiger partial charge in [-0.2, -0.15) is 0 Å². The third-order valence-electron chi connectivity index (χ3n) is 5.53. The fourth-order valence-electron chi connectivity index (χ4n) is 3.83. The van der Waals surface area contributed by atoms with Crippen LogP contribution >= 0.6 is 15.9 Å². The Hall–Kier alpha value is -3.64. The van der Waals surface area contributed by atoms with Gasteiger partial charge in [-0.15, -0.1) is 0 Å². The monoisotopic (exact) mass is 516 g/mol. The van der Waals surface area contributed by atoms with E-state index in [1.807, 2.05) is 74.5 Å². The Morgan fingerprint density at radius 2 is 1.68 bits per heavy atom. The van der Waals surface area contributed by atoms with Crippen LogP contribution in [0.15, 0.2) is 89.4 Å². The molecule has 34 heavy (non-hydrogen) atoms. The minimum atomic E-state index is -0.271. The number of carbonyl (C=O) groups excluding carboxylic acids is 2. The molecule has 0 fully saturated rings. The van der Waals surface area contributed by atoms with Gasteiger partial charge >= 0.3 is 0 Å². The van der Waals surface area contributed by atoms with E-state index in [-0.39, 0.29) is 18.4 Å². The molecule has 172 valence electrons. The standard InChI is InChI=1S/C28H25BrN2O3/c1-3-31(25-10-6-8-20-7-4-5-9-24(20)25)28(33)21-11-14-23(15-12-21)30-27(32)18-34-26-16-13-22(29)17-19(26)2/h4-17H,3,18H2,1-2H3,(H,30,32). The normalized spacial score (nSPS) is 10.7. The molecule has 0 saturated carbocycles. The highest BCUT2D eigenvalue weighted by atomic mass is 79.9. The van der Waals surface area contributed by atoms with Gasteiger partial charge < -0.3 is 15.0 Å². The second-order valence-corrected chi connectivity index (χ2v) is 8.79. The Kier molecular flexibility index (Phi) is 7.28. The molecule has 4 rings (SSSR count). The molecule has 0 aliphatic rings. The van der Waals surface area contributed by atoms with Crippen LogP contribution < -0.4 is 15.0 Å². The molecule has 0 bridgehead atoms. The molecule has 0 saturated heterocycles. The van der Waals surface area contributed by atoms with Crippen LogP contribution in [0.25, 0.3) is 10.8 Å². The summed E-state index contributed by atoms with van der Waals surface area (Å²) in [6.07, 6.45) is 0. The van der Waals surface area contributed by atoms with Crippen LogP contribution in [0, 0.1) is 6.92 Å². The Morgan fingerprint density at radius 1 is 0.941 bits per heavy atom. The highest BCUT2D eigenvalue weighted by Crippen LogP contribution is 2.28. The summed E-state index contributed by atoms with van der Waals surface area (Å²) >= 11 is 3.41. The number of carbonyl (C=O) groups is 2. The molecule has 4 aromatic rings. The zero-order valence-electron chi connectivity index (χ0n) is 19.0. The number of ether oxygens (including phenoxy) is 1. The quantitative estimate of drug-likeness (QED) is 0.301. The maximum Gasteiger partial charge on any atom is 0.262 e. The van der Waals surface area contributed by atoms with E-state index in [0.717, 1.165) is 26.5 Å². The van der Waals surface area contributed by atoms with Crippen LogP contribution in [-0.2, 0) is 4.79 Å². The van der Waals surface area contributed by atoms with Crippen LogP contribution in [0.4, 0.5) is 11.4 Å². The van der Waals surface area contributed by atoms with Gasteiger partial charge in [0.15, 0.2) is 6.61 Å². The van der Waals surface area contributed by atoms with E-state index in [2.05, 4.69) is 21.2 Å². The molecule has 6 heteroatoms. The summed E-state index contributed by atoms with van der Waals surface area (Å²) in [7, 11) is 0. The van der Waals surface area contributed by atoms with E-state index >= 15 is 0 Å². The summed E-state index contributed by atoms with van der Waals surface area (Å²) < 4.78 is 6.58. The number of nitrogens with one attached hydrogen (secondary N) is 1. The van der Waals surface area contributed by atoms with Gasteiger partial charge in [-0.25, -0.2) is 0 Å². The van der Waals surface area contributed by atoms with Gasteiger partial charge in [-0.3, -0.25) is 9.59 Å². The van der Waals surface area contributed by atoms with Crippen molar-refractivity contribution in [3.05, 3.63) is 101 Å². The predicted octanol–water partition coefficient (Wildman–Crippen LogP) is 6.59. The lowest BCUT2D eigenvalue weighted by molar-refractivity contribution is -0.118. The van der Waals surface area contributed by atoms with Crippen LogP contribution in [0.5, 0.6) is 5.75 Å². The summed E-state index contributed by atoms with van der Waals surface area (Å²) in [5.41, 5.74) is 2.97. The largest absolute Gasteiger partial charge is 0.483 e. The zero-order chi connectivity index (χ0) is 24.1. The molecular formula is C28H25BrN2O3. The van der Waals surface area contributed by atoms with Gasteiger partial charge in [-0.1, -0.05) is 52.3 Å². The van der Waals surface area contributed by atoms with Gasteiger partial charge in [0.2, 0.25) is 0 Å². The number of anilines is 2. The van der Waals surface area contributed by atoms with Crippen molar-refractivity contribution in [2.75, 3.05) is 23.4 Å². The fraction of sp³-hybridized carbons (Fsp3) is 0.143. The Bertz CT molecular complexity index is 1330. The maximum absolute atomic E-state index is 13.3. The number of aryl methyl sites for hydroxylation is 1. The first-order valence-electron chi connectivity index (χ1n) is 11.0. The van der Waals surface area contributed by atoms with Gasteiger partial charge in [0.1, 0.15) is 5.75 Å². The van der Waals surface area contributed by atoms with Gasteiger partial charge in [0.25, 0.3) is 11.8 Å². The predicted molar refractivity (Wildman–Crippen MR) is 141 cm³/mol. The highest BCUT2D eigenvalue weighted by molar-refractivity contribution is 9.10. The van der Waals surface area contributed by atoms with E-state index < -0.39 is 0 Å². The summed E-state index contributed by atoms with van der Waals surface area (Å²) in [4.78, 5) is 27.4. The molecule has 2 amide bonds. The molecule has 0 atom stereocenters. The molecule has 0 aliphatic carbocycles. The van der Waals surface area contributed by atoms with E-state index in [4.69, 9.17) is 4.74 Å². The molecule has 0 aromatic heterocycles. The third kappa shape index (κ3) is 5.29. The lowest BCUT2D eigenvalue weighted by Crippen LogP contribution is -2.30. The number of rotatable bonds is 7. The van der Waals surface area contributed by atoms with Crippen LogP contribution in [-0.4, -0.2) is 25.0 Å². The van der Waals surface area contributed by atoms with Crippen molar-refractivity contribution in [2.24, 2.45) is 0 Å². The van der Waals surface area contributed by atoms with Gasteiger partial charge in [0, 0.05) is 27.7 Å². The number of nitrogens with zero attached hydrogens (tertiary/aromatic N) is 1. The summed E-state index contributed by atoms with van der Waals surface area (Å²) in [6, 6.07) is 26.5. The number of hydrogen-bond donors (Lipinski definition) is 1. The molecule has 4 aromatic carbocycles. The minimum Gasteiger partial charge on any atom is -0.483 e. The Labute approximate surface area is 207 Å². The van der Waals surface area contributed by atoms with Crippen molar-refractivity contribution in [3.8, 4) is 5.75 Å². The summed E-state index contributed by atoms with van der Waals surface area (Å²) in [5.74, 6) is 0.297. The molecule has 0 aliphatic heterocycles. The van der Waals surface area contributed by atoms with Crippen LogP contribution in [0.3, 0.4) is 0 Å². The topological polar surface area (TPSA) is 58.6 Å². The van der Waals surface area contributed by atoms with Crippen molar-refractivity contribution >= 4 is 49.9 Å². The average Bonchev–Trinajstić information content (AvgIpc) is 2.84. The number of hydrogen-bond acceptors (Lipinski definition) is 3. The lowest BCUT2D eigenvalue weighted by Gasteiger charge is -2.23. The first-order valence-corrected chi connectivity index (χ1v) is 11.8. The smallest absolute Gasteiger partial charge is 0.262 e. The summed E-state index contributed by atoms with van der Waals surface area (Å²) in [6.45, 7) is 4.32. The highest BCUT2D eigenvalue weighted by Gasteiger charge is 2.18. The van der Waals surface area contributed by atoms with E-state index in [1.54, 1.807) is 29.2 Å². The first kappa shape index (κ1) is 23.5. The van der Waals surface area contributed by atoms with Crippen molar-refractivity contribution < 1.29 is 14.3 Å². The average molecular weight is 517 g/mol. The number of halogens is 1. The van der Waals surface area contributed by atoms with E-state index in [1.165, 1.54) is 0 Å². The number of benzene rings is 4. The van der Waals surface area contributed by atoms with Gasteiger partial charge in [0.05, 0.1) is 5.69 Å². The van der Waals surface area contributed by atoms with Crippen molar-refractivity contribution in [3.63, 3.8) is 0 Å². The third-order valence-corrected chi connectivity index (χ3v) is 6.02. The zero-order valence-corrected chi connectivity index (χ0v) is 20.6. The van der Waals surface area contributed by atoms with Crippen molar-refractivity contribution in [2.45, 2.75) is 13.8 Å². The van der Waals surface area contributed by atoms with Gasteiger partial charge in [-0.05, 0) is 73.3 Å². The molecule has 0 spiro atoms. The Morgan fingerprint density at radius 3 is 2.41 bits per heavy atom. The lowest BCUT2D eigenvalue weighted by atomic mass is 10.1. The number of fused-ring (bicyclic) bond motifs is 1. The minimum absolute atomic E-state index is 0.0919. The van der Waals surface area contributed by atoms with E-state index in [0.29, 0.717) is 23.5 Å². The Balaban J connectivity index is 1.43. The van der Waals surface area contributed by atoms with E-state index in [9.17, 15) is 9.59 Å². The second kappa shape index (κ2) is 10.5. The van der Waals surface area contributed by atoms with Crippen LogP contribution in [0.1, 0.15) is 22.8 Å². The van der Waals surface area contributed by atoms with Crippen molar-refractivity contribution in [1.29, 1.82) is 0 Å². The molecular weight excluding hydrogens is 492 g/mol. The molecule has 0 heterocycles. The van der Waals surface area contributed by atoms with Crippen LogP contribution in [0.2, 0.25) is 0 Å². The molecule has 0 unspecified atom stereocenters. The summed E-state index contributed by atoms with van der Waals surface area (Å²) in [5, 5.41) is 4.93. The fourth-order valence-corrected chi connectivity index (χ4v) is 4.31. The number of amides is 2. The SMILES string of the molecule is CCN(C(=O)c1ccc(NC(=O)COc2ccc(Br)cc2C)cc1)c1cccc2ccccc12. The second-order valence-electron chi connectivity index (χ2n) is 7.87. The molecule has 0 radical (unpaired) electrons. The molecule has 5 nitrogen and oxygen atoms in total. The molecule has 1 N–H and O–H groups in total. The van der Waals surface area contributed by atoms with Crippen molar-refractivity contribution in [1.82, 2.24) is 0 Å². The first-order chi connectivity index (χ1) is 16.5. The maximum atomic E-state index is 13.3.